The Morgan fingerprint density at radius 2 is 0.955 bits per heavy atom. The third-order valence-corrected chi connectivity index (χ3v) is 11.2. The summed E-state index contributed by atoms with van der Waals surface area (Å²) in [5, 5.41) is 59.8. The van der Waals surface area contributed by atoms with Gasteiger partial charge in [0, 0.05) is 12.8 Å². The van der Waals surface area contributed by atoms with Crippen LogP contribution in [0.4, 0.5) is 0 Å². The summed E-state index contributed by atoms with van der Waals surface area (Å²) in [4.78, 5) is 35.7. The number of hydrogen-bond donors (Lipinski definition) is 7. The number of phosphoric acid groups is 1. The van der Waals surface area contributed by atoms with Crippen molar-refractivity contribution < 1.29 is 68.2 Å². The highest BCUT2D eigenvalue weighted by molar-refractivity contribution is 7.47. The average molecular weight is 949 g/mol. The topological polar surface area (TPSA) is 230 Å². The SMILES string of the molecule is CC/C=C\C/C=C\C/C=C\C/C=C\C/C=C\CCCCCC(=O)O[C@H](COC(=O)CCC/C=C\C/C=C\C/C=C\C/C=C\CC[C@@H](O)CC)COP(=O)(O)OC1[C@H](O)[C@H](O)C(O)[C@H](O)[C@H]1O. The van der Waals surface area contributed by atoms with E-state index in [-0.39, 0.29) is 18.9 Å². The van der Waals surface area contributed by atoms with E-state index in [1.165, 1.54) is 0 Å². The van der Waals surface area contributed by atoms with Crippen LogP contribution < -0.4 is 0 Å². The first-order valence-corrected chi connectivity index (χ1v) is 25.3. The van der Waals surface area contributed by atoms with Crippen molar-refractivity contribution in [1.82, 2.24) is 0 Å². The number of aliphatic hydroxyl groups excluding tert-OH is 6. The Labute approximate surface area is 394 Å². The average Bonchev–Trinajstić information content (AvgIpc) is 3.30. The number of esters is 2. The Balaban J connectivity index is 2.53. The number of rotatable bonds is 37. The minimum Gasteiger partial charge on any atom is -0.462 e. The standard InChI is InChI=1S/C51H81O14P/c1-3-5-6-7-8-9-10-11-12-13-14-15-16-21-24-27-30-33-36-39-45(54)64-43(41-63-66(60,61)65-51-49(58)47(56)46(55)48(57)50(51)59)40-62-44(53)38-35-32-29-26-23-20-18-17-19-22-25-28-31-34-37-42(52)4-2/h5-6,8-9,11-12,14-15,18-22,24,26,28-29,31,42-43,46-52,55-59H,3-4,7,10,13,16-17,23,25,27,30,32-41H2,1-2H3,(H,60,61)/b6-5-,9-8-,12-11-,15-14-,20-18-,22-19-,24-21-,29-26-,31-28-/t42-,43+,46?,47-,48+,49+,50+,51?/m0/s1. The maximum absolute atomic E-state index is 12.8. The smallest absolute Gasteiger partial charge is 0.462 e. The van der Waals surface area contributed by atoms with Crippen LogP contribution in [0.25, 0.3) is 0 Å². The second kappa shape index (κ2) is 39.5. The van der Waals surface area contributed by atoms with Gasteiger partial charge in [0.2, 0.25) is 0 Å². The summed E-state index contributed by atoms with van der Waals surface area (Å²) in [7, 11) is -5.16. The zero-order valence-corrected chi connectivity index (χ0v) is 40.2. The first kappa shape index (κ1) is 60.5. The molecule has 9 atom stereocenters. The fourth-order valence-electron chi connectivity index (χ4n) is 6.28. The van der Waals surface area contributed by atoms with Gasteiger partial charge in [0.15, 0.2) is 6.10 Å². The molecule has 0 heterocycles. The summed E-state index contributed by atoms with van der Waals surface area (Å²) in [6.45, 7) is 2.82. The molecule has 0 spiro atoms. The minimum absolute atomic E-state index is 0.0318. The molecule has 1 saturated carbocycles. The fourth-order valence-corrected chi connectivity index (χ4v) is 7.26. The largest absolute Gasteiger partial charge is 0.472 e. The normalized spacial score (nSPS) is 22.7. The van der Waals surface area contributed by atoms with Crippen molar-refractivity contribution in [3.8, 4) is 0 Å². The van der Waals surface area contributed by atoms with Crippen LogP contribution in [0.1, 0.15) is 136 Å². The molecule has 14 nitrogen and oxygen atoms in total. The molecule has 0 bridgehead atoms. The highest BCUT2D eigenvalue weighted by atomic mass is 31.2. The van der Waals surface area contributed by atoms with Crippen molar-refractivity contribution in [1.29, 1.82) is 0 Å². The molecule has 0 saturated heterocycles. The number of phosphoric ester groups is 1. The van der Waals surface area contributed by atoms with Gasteiger partial charge in [-0.15, -0.1) is 0 Å². The second-order valence-electron chi connectivity index (χ2n) is 16.0. The van der Waals surface area contributed by atoms with E-state index in [1.807, 2.05) is 19.1 Å². The monoisotopic (exact) mass is 949 g/mol. The van der Waals surface area contributed by atoms with E-state index in [0.717, 1.165) is 89.9 Å². The molecule has 0 amide bonds. The molecule has 3 unspecified atom stereocenters. The molecule has 1 rings (SSSR count). The Morgan fingerprint density at radius 1 is 0.530 bits per heavy atom. The highest BCUT2D eigenvalue weighted by Crippen LogP contribution is 2.47. The van der Waals surface area contributed by atoms with E-state index in [1.54, 1.807) is 0 Å². The predicted molar refractivity (Wildman–Crippen MR) is 259 cm³/mol. The van der Waals surface area contributed by atoms with Gasteiger partial charge in [-0.05, 0) is 103 Å². The maximum Gasteiger partial charge on any atom is 0.472 e. The molecule has 15 heteroatoms. The fraction of sp³-hybridized carbons (Fsp3) is 0.608. The number of carbonyl (C=O) groups is 2. The molecular formula is C51H81O14P. The molecule has 374 valence electrons. The van der Waals surface area contributed by atoms with Crippen LogP contribution in [0.15, 0.2) is 109 Å². The molecule has 1 fully saturated rings. The number of carbonyl (C=O) groups excluding carboxylic acids is 2. The zero-order chi connectivity index (χ0) is 48.7. The van der Waals surface area contributed by atoms with Gasteiger partial charge in [-0.3, -0.25) is 18.6 Å². The van der Waals surface area contributed by atoms with Crippen molar-refractivity contribution in [2.45, 2.75) is 185 Å². The van der Waals surface area contributed by atoms with E-state index in [4.69, 9.17) is 18.5 Å². The minimum atomic E-state index is -5.16. The molecule has 7 N–H and O–H groups in total. The molecule has 66 heavy (non-hydrogen) atoms. The zero-order valence-electron chi connectivity index (χ0n) is 39.3. The van der Waals surface area contributed by atoms with Crippen LogP contribution in [0, 0.1) is 0 Å². The number of hydrogen-bond acceptors (Lipinski definition) is 13. The van der Waals surface area contributed by atoms with E-state index >= 15 is 0 Å². The molecule has 0 aromatic rings. The maximum atomic E-state index is 12.8. The van der Waals surface area contributed by atoms with Crippen LogP contribution in [0.5, 0.6) is 0 Å². The lowest BCUT2D eigenvalue weighted by molar-refractivity contribution is -0.220. The van der Waals surface area contributed by atoms with Gasteiger partial charge in [0.05, 0.1) is 12.7 Å². The number of aliphatic hydroxyl groups is 6. The van der Waals surface area contributed by atoms with Crippen LogP contribution >= 0.6 is 7.82 Å². The van der Waals surface area contributed by atoms with Crippen LogP contribution in [-0.4, -0.2) is 110 Å². The van der Waals surface area contributed by atoms with Crippen molar-refractivity contribution in [2.24, 2.45) is 0 Å². The molecule has 0 radical (unpaired) electrons. The van der Waals surface area contributed by atoms with Crippen LogP contribution in [0.2, 0.25) is 0 Å². The summed E-state index contributed by atoms with van der Waals surface area (Å²) in [6.07, 6.45) is 38.0. The first-order chi connectivity index (χ1) is 31.8. The summed E-state index contributed by atoms with van der Waals surface area (Å²) >= 11 is 0. The molecule has 1 aliphatic rings. The number of ether oxygens (including phenoxy) is 2. The quantitative estimate of drug-likeness (QED) is 0.0134. The molecule has 0 aromatic heterocycles. The summed E-state index contributed by atoms with van der Waals surface area (Å²) in [5.41, 5.74) is 0. The lowest BCUT2D eigenvalue weighted by Gasteiger charge is -2.41. The third-order valence-electron chi connectivity index (χ3n) is 10.3. The van der Waals surface area contributed by atoms with Crippen molar-refractivity contribution in [2.75, 3.05) is 13.2 Å². The lowest BCUT2D eigenvalue weighted by Crippen LogP contribution is -2.64. The Kier molecular flexibility index (Phi) is 36.2. The first-order valence-electron chi connectivity index (χ1n) is 23.8. The summed E-state index contributed by atoms with van der Waals surface area (Å²) < 4.78 is 33.4. The van der Waals surface area contributed by atoms with Gasteiger partial charge >= 0.3 is 19.8 Å². The predicted octanol–water partition coefficient (Wildman–Crippen LogP) is 8.58. The van der Waals surface area contributed by atoms with Crippen LogP contribution in [0.3, 0.4) is 0 Å². The number of unbranched alkanes of at least 4 members (excludes halogenated alkanes) is 4. The third kappa shape index (κ3) is 31.4. The van der Waals surface area contributed by atoms with Gasteiger partial charge in [-0.25, -0.2) is 4.57 Å². The van der Waals surface area contributed by atoms with E-state index in [0.29, 0.717) is 19.3 Å². The Hall–Kier alpha value is -3.53. The van der Waals surface area contributed by atoms with Gasteiger partial charge in [-0.2, -0.15) is 0 Å². The van der Waals surface area contributed by atoms with Crippen molar-refractivity contribution >= 4 is 19.8 Å². The van der Waals surface area contributed by atoms with Crippen molar-refractivity contribution in [3.63, 3.8) is 0 Å². The molecule has 0 aromatic carbocycles. The van der Waals surface area contributed by atoms with E-state index < -0.39 is 75.7 Å². The summed E-state index contributed by atoms with van der Waals surface area (Å²) in [6, 6.07) is 0. The highest BCUT2D eigenvalue weighted by Gasteiger charge is 2.51. The second-order valence-corrected chi connectivity index (χ2v) is 17.4. The van der Waals surface area contributed by atoms with Crippen LogP contribution in [-0.2, 0) is 32.7 Å². The molecular weight excluding hydrogens is 868 g/mol. The van der Waals surface area contributed by atoms with E-state index in [9.17, 15) is 49.7 Å². The van der Waals surface area contributed by atoms with E-state index in [2.05, 4.69) is 104 Å². The Bertz CT molecular complexity index is 1580. The number of allylic oxidation sites excluding steroid dienone is 18. The van der Waals surface area contributed by atoms with Crippen molar-refractivity contribution in [3.05, 3.63) is 109 Å². The molecule has 0 aliphatic heterocycles. The molecule has 1 aliphatic carbocycles. The van der Waals surface area contributed by atoms with Gasteiger partial charge in [-0.1, -0.05) is 130 Å². The summed E-state index contributed by atoms with van der Waals surface area (Å²) in [5.74, 6) is -1.23. The van der Waals surface area contributed by atoms with Gasteiger partial charge < -0.3 is 45.0 Å². The van der Waals surface area contributed by atoms with Gasteiger partial charge in [0.1, 0.15) is 43.2 Å². The Morgan fingerprint density at radius 3 is 1.44 bits per heavy atom. The lowest BCUT2D eigenvalue weighted by atomic mass is 9.85. The van der Waals surface area contributed by atoms with Gasteiger partial charge in [0.25, 0.3) is 0 Å².